The highest BCUT2D eigenvalue weighted by atomic mass is 16.5. The molecule has 0 saturated carbocycles. The highest BCUT2D eigenvalue weighted by molar-refractivity contribution is 5.47. The first kappa shape index (κ1) is 14.1. The van der Waals surface area contributed by atoms with E-state index in [1.807, 2.05) is 12.3 Å². The van der Waals surface area contributed by atoms with Gasteiger partial charge in [0.2, 0.25) is 0 Å². The number of nitrogens with one attached hydrogen (secondary N) is 1. The van der Waals surface area contributed by atoms with Crippen LogP contribution in [0.15, 0.2) is 36.5 Å². The van der Waals surface area contributed by atoms with E-state index >= 15 is 0 Å². The predicted molar refractivity (Wildman–Crippen MR) is 84.8 cm³/mol. The second-order valence-corrected chi connectivity index (χ2v) is 5.54. The maximum atomic E-state index is 5.97. The van der Waals surface area contributed by atoms with Crippen molar-refractivity contribution >= 4 is 0 Å². The summed E-state index contributed by atoms with van der Waals surface area (Å²) in [6.45, 7) is 5.93. The molecule has 3 rings (SSSR count). The molecule has 1 N–H and O–H groups in total. The van der Waals surface area contributed by atoms with Crippen molar-refractivity contribution in [1.29, 1.82) is 0 Å². The van der Waals surface area contributed by atoms with Crippen molar-refractivity contribution in [2.24, 2.45) is 0 Å². The van der Waals surface area contributed by atoms with Crippen molar-refractivity contribution in [2.75, 3.05) is 13.2 Å². The maximum Gasteiger partial charge on any atom is 0.127 e. The first-order valence-electron chi connectivity index (χ1n) is 7.70. The van der Waals surface area contributed by atoms with Gasteiger partial charge in [-0.05, 0) is 49.6 Å². The summed E-state index contributed by atoms with van der Waals surface area (Å²) in [5, 5.41) is 3.55. The van der Waals surface area contributed by atoms with Crippen molar-refractivity contribution in [3.8, 4) is 5.75 Å². The van der Waals surface area contributed by atoms with E-state index in [9.17, 15) is 0 Å². The number of aromatic nitrogens is 1. The van der Waals surface area contributed by atoms with Gasteiger partial charge in [0.15, 0.2) is 0 Å². The van der Waals surface area contributed by atoms with Gasteiger partial charge in [0.25, 0.3) is 0 Å². The molecular formula is C18H22N2O. The number of rotatable bonds is 4. The molecule has 0 amide bonds. The van der Waals surface area contributed by atoms with Crippen LogP contribution in [0.5, 0.6) is 5.75 Å². The predicted octanol–water partition coefficient (Wildman–Crippen LogP) is 3.41. The summed E-state index contributed by atoms with van der Waals surface area (Å²) in [5.74, 6) is 1.05. The fourth-order valence-electron chi connectivity index (χ4n) is 2.94. The largest absolute Gasteiger partial charge is 0.493 e. The van der Waals surface area contributed by atoms with Gasteiger partial charge < -0.3 is 10.1 Å². The minimum atomic E-state index is 0.0861. The van der Waals surface area contributed by atoms with Gasteiger partial charge in [-0.25, -0.2) is 0 Å². The first-order chi connectivity index (χ1) is 10.3. The molecule has 21 heavy (non-hydrogen) atoms. The fourth-order valence-corrected chi connectivity index (χ4v) is 2.94. The second-order valence-electron chi connectivity index (χ2n) is 5.54. The Hall–Kier alpha value is -1.87. The Morgan fingerprint density at radius 1 is 1.33 bits per heavy atom. The maximum absolute atomic E-state index is 5.97. The monoisotopic (exact) mass is 282 g/mol. The lowest BCUT2D eigenvalue weighted by atomic mass is 9.95. The minimum Gasteiger partial charge on any atom is -0.493 e. The molecule has 0 radical (unpaired) electrons. The summed E-state index contributed by atoms with van der Waals surface area (Å²) >= 11 is 0. The molecule has 1 aliphatic rings. The molecule has 1 atom stereocenters. The molecule has 1 aromatic carbocycles. The van der Waals surface area contributed by atoms with Gasteiger partial charge in [-0.1, -0.05) is 25.1 Å². The Bertz CT molecular complexity index is 624. The fraction of sp³-hybridized carbons (Fsp3) is 0.389. The van der Waals surface area contributed by atoms with Gasteiger partial charge in [-0.2, -0.15) is 0 Å². The quantitative estimate of drug-likeness (QED) is 0.933. The molecule has 1 unspecified atom stereocenters. The summed E-state index contributed by atoms with van der Waals surface area (Å²) in [6, 6.07) is 10.7. The zero-order chi connectivity index (χ0) is 14.7. The smallest absolute Gasteiger partial charge is 0.127 e. The van der Waals surface area contributed by atoms with E-state index < -0.39 is 0 Å². The van der Waals surface area contributed by atoms with Gasteiger partial charge in [-0.3, -0.25) is 4.98 Å². The number of hydrogen-bond acceptors (Lipinski definition) is 3. The third-order valence-electron chi connectivity index (χ3n) is 3.92. The topological polar surface area (TPSA) is 34.2 Å². The van der Waals surface area contributed by atoms with Crippen molar-refractivity contribution < 1.29 is 4.74 Å². The number of hydrogen-bond donors (Lipinski definition) is 1. The van der Waals surface area contributed by atoms with Crippen LogP contribution in [-0.4, -0.2) is 18.1 Å². The standard InChI is InChI=1S/C18H22N2O/c1-3-19-17(16-12-13(2)9-10-20-16)15-8-4-6-14-7-5-11-21-18(14)15/h4,6,8-10,12,17,19H,3,5,7,11H2,1-2H3. The summed E-state index contributed by atoms with van der Waals surface area (Å²) < 4.78 is 5.97. The van der Waals surface area contributed by atoms with Crippen LogP contribution in [0.4, 0.5) is 0 Å². The number of para-hydroxylation sites is 1. The van der Waals surface area contributed by atoms with Gasteiger partial charge >= 0.3 is 0 Å². The summed E-state index contributed by atoms with van der Waals surface area (Å²) in [5.41, 5.74) is 4.80. The molecule has 0 saturated heterocycles. The van der Waals surface area contributed by atoms with Gasteiger partial charge in [0.1, 0.15) is 5.75 Å². The molecule has 0 bridgehead atoms. The number of fused-ring (bicyclic) bond motifs is 1. The number of aryl methyl sites for hydroxylation is 2. The lowest BCUT2D eigenvalue weighted by Gasteiger charge is -2.25. The first-order valence-corrected chi connectivity index (χ1v) is 7.70. The van der Waals surface area contributed by atoms with Crippen molar-refractivity contribution in [3.63, 3.8) is 0 Å². The summed E-state index contributed by atoms with van der Waals surface area (Å²) in [7, 11) is 0. The Morgan fingerprint density at radius 2 is 2.24 bits per heavy atom. The van der Waals surface area contributed by atoms with E-state index in [2.05, 4.69) is 48.4 Å². The normalized spacial score (nSPS) is 15.1. The number of benzene rings is 1. The Morgan fingerprint density at radius 3 is 3.05 bits per heavy atom. The van der Waals surface area contributed by atoms with Gasteiger partial charge in [-0.15, -0.1) is 0 Å². The lowest BCUT2D eigenvalue weighted by molar-refractivity contribution is 0.283. The molecule has 3 nitrogen and oxygen atoms in total. The molecule has 2 aromatic rings. The zero-order valence-electron chi connectivity index (χ0n) is 12.7. The molecule has 0 spiro atoms. The molecule has 1 aromatic heterocycles. The van der Waals surface area contributed by atoms with E-state index in [4.69, 9.17) is 4.74 Å². The third kappa shape index (κ3) is 2.93. The molecule has 110 valence electrons. The van der Waals surface area contributed by atoms with Crippen molar-refractivity contribution in [2.45, 2.75) is 32.7 Å². The molecule has 1 aliphatic heterocycles. The van der Waals surface area contributed by atoms with Crippen LogP contribution in [0.25, 0.3) is 0 Å². The highest BCUT2D eigenvalue weighted by Gasteiger charge is 2.22. The van der Waals surface area contributed by atoms with Crippen LogP contribution in [0, 0.1) is 6.92 Å². The Labute approximate surface area is 126 Å². The summed E-state index contributed by atoms with van der Waals surface area (Å²) in [6.07, 6.45) is 4.08. The van der Waals surface area contributed by atoms with E-state index in [1.54, 1.807) is 0 Å². The second kappa shape index (κ2) is 6.27. The SMILES string of the molecule is CCNC(c1cc(C)ccn1)c1cccc2c1OCCC2. The molecular weight excluding hydrogens is 260 g/mol. The average molecular weight is 282 g/mol. The van der Waals surface area contributed by atoms with Crippen LogP contribution in [0.2, 0.25) is 0 Å². The van der Waals surface area contributed by atoms with Gasteiger partial charge in [0.05, 0.1) is 18.3 Å². The number of ether oxygens (including phenoxy) is 1. The van der Waals surface area contributed by atoms with E-state index in [0.717, 1.165) is 37.4 Å². The van der Waals surface area contributed by atoms with Crippen LogP contribution in [0.3, 0.4) is 0 Å². The number of pyridine rings is 1. The highest BCUT2D eigenvalue weighted by Crippen LogP contribution is 2.35. The average Bonchev–Trinajstić information content (AvgIpc) is 2.52. The molecule has 3 heteroatoms. The number of nitrogens with zero attached hydrogens (tertiary/aromatic N) is 1. The van der Waals surface area contributed by atoms with E-state index in [-0.39, 0.29) is 6.04 Å². The van der Waals surface area contributed by atoms with Crippen LogP contribution in [-0.2, 0) is 6.42 Å². The van der Waals surface area contributed by atoms with Gasteiger partial charge in [0, 0.05) is 11.8 Å². The van der Waals surface area contributed by atoms with Crippen LogP contribution >= 0.6 is 0 Å². The summed E-state index contributed by atoms with van der Waals surface area (Å²) in [4.78, 5) is 4.57. The molecule has 0 fully saturated rings. The van der Waals surface area contributed by atoms with Crippen molar-refractivity contribution in [1.82, 2.24) is 10.3 Å². The van der Waals surface area contributed by atoms with Crippen LogP contribution in [0.1, 0.15) is 41.8 Å². The third-order valence-corrected chi connectivity index (χ3v) is 3.92. The lowest BCUT2D eigenvalue weighted by Crippen LogP contribution is -2.24. The molecule has 2 heterocycles. The van der Waals surface area contributed by atoms with Crippen molar-refractivity contribution in [3.05, 3.63) is 58.9 Å². The van der Waals surface area contributed by atoms with E-state index in [1.165, 1.54) is 16.7 Å². The van der Waals surface area contributed by atoms with Crippen LogP contribution < -0.4 is 10.1 Å². The Balaban J connectivity index is 2.05. The van der Waals surface area contributed by atoms with E-state index in [0.29, 0.717) is 0 Å². The molecule has 0 aliphatic carbocycles. The Kier molecular flexibility index (Phi) is 4.20. The minimum absolute atomic E-state index is 0.0861. The zero-order valence-corrected chi connectivity index (χ0v) is 12.7.